The molecule has 6 aliphatic carbocycles. The van der Waals surface area contributed by atoms with Crippen molar-refractivity contribution in [2.24, 2.45) is 59.2 Å². The first kappa shape index (κ1) is 47.2. The molecule has 0 atom stereocenters. The van der Waals surface area contributed by atoms with Crippen molar-refractivity contribution >= 4 is 0 Å². The van der Waals surface area contributed by atoms with Gasteiger partial charge in [-0.3, -0.25) is 0 Å². The predicted molar refractivity (Wildman–Crippen MR) is 233 cm³/mol. The van der Waals surface area contributed by atoms with Crippen LogP contribution in [0, 0.1) is 59.2 Å². The molecule has 6 saturated carbocycles. The van der Waals surface area contributed by atoms with E-state index in [1.54, 1.807) is 25.7 Å². The Labute approximate surface area is 325 Å². The van der Waals surface area contributed by atoms with Crippen LogP contribution in [0.2, 0.25) is 0 Å². The molecule has 0 aromatic rings. The molecule has 6 aliphatic rings. The van der Waals surface area contributed by atoms with E-state index in [0.717, 1.165) is 59.2 Å². The van der Waals surface area contributed by atoms with Gasteiger partial charge in [0, 0.05) is 0 Å². The Balaban J connectivity index is 0.000000236. The van der Waals surface area contributed by atoms with Gasteiger partial charge in [-0.15, -0.1) is 0 Å². The van der Waals surface area contributed by atoms with Crippen molar-refractivity contribution in [2.75, 3.05) is 0 Å². The van der Waals surface area contributed by atoms with Gasteiger partial charge >= 0.3 is 0 Å². The van der Waals surface area contributed by atoms with E-state index in [1.165, 1.54) is 186 Å². The smallest absolute Gasteiger partial charge is 0.0386 e. The van der Waals surface area contributed by atoms with Gasteiger partial charge in [0.15, 0.2) is 0 Å². The van der Waals surface area contributed by atoms with E-state index in [0.29, 0.717) is 0 Å². The van der Waals surface area contributed by atoms with Gasteiger partial charge in [0.05, 0.1) is 0 Å². The maximum Gasteiger partial charge on any atom is -0.0386 e. The van der Waals surface area contributed by atoms with Crippen LogP contribution in [0.3, 0.4) is 0 Å². The summed E-state index contributed by atoms with van der Waals surface area (Å²) in [6, 6.07) is 0. The van der Waals surface area contributed by atoms with Crippen LogP contribution < -0.4 is 0 Å². The Kier molecular flexibility index (Phi) is 28.0. The molecule has 0 aliphatic heterocycles. The van der Waals surface area contributed by atoms with E-state index in [1.807, 2.05) is 0 Å². The highest BCUT2D eigenvalue weighted by Gasteiger charge is 2.24. The maximum atomic E-state index is 2.46. The second kappa shape index (κ2) is 30.2. The van der Waals surface area contributed by atoms with Gasteiger partial charge in [0.1, 0.15) is 0 Å². The van der Waals surface area contributed by atoms with Crippen LogP contribution in [0.4, 0.5) is 0 Å². The van der Waals surface area contributed by atoms with Crippen LogP contribution in [0.1, 0.15) is 267 Å². The fourth-order valence-electron chi connectivity index (χ4n) is 10.1. The summed E-state index contributed by atoms with van der Waals surface area (Å²) >= 11 is 0. The molecule has 0 saturated heterocycles. The van der Waals surface area contributed by atoms with Gasteiger partial charge in [-0.1, -0.05) is 267 Å². The summed E-state index contributed by atoms with van der Waals surface area (Å²) in [7, 11) is 0. The first-order chi connectivity index (χ1) is 24.6. The molecule has 0 amide bonds. The average Bonchev–Trinajstić information content (AvgIpc) is 3.84. The third-order valence-corrected chi connectivity index (χ3v) is 14.6. The highest BCUT2D eigenvalue weighted by Crippen LogP contribution is 2.37. The van der Waals surface area contributed by atoms with Crippen LogP contribution >= 0.6 is 0 Å². The molecule has 0 radical (unpaired) electrons. The summed E-state index contributed by atoms with van der Waals surface area (Å²) in [6.07, 6.45) is 49.3. The van der Waals surface area contributed by atoms with Gasteiger partial charge in [0.2, 0.25) is 0 Å². The Morgan fingerprint density at radius 3 is 0.510 bits per heavy atom. The van der Waals surface area contributed by atoms with Crippen LogP contribution in [-0.2, 0) is 0 Å². The molecule has 0 aromatic carbocycles. The lowest BCUT2D eigenvalue weighted by Gasteiger charge is -2.32. The molecule has 0 N–H and O–H groups in total. The molecule has 0 heteroatoms. The molecule has 51 heavy (non-hydrogen) atoms. The summed E-state index contributed by atoms with van der Waals surface area (Å²) < 4.78 is 0. The Morgan fingerprint density at radius 1 is 0.157 bits per heavy atom. The molecular formula is C51H100. The summed E-state index contributed by atoms with van der Waals surface area (Å²) in [6.45, 7) is 19.2. The SMILES string of the molecule is CC1CC1.CC1CCCC(C)CCC1.CC1CCCC(C)CCC1.CC1CCCC(C2CCCC(C)CCC2)CCC1.CC1CCCCCCC1. The number of hydrogen-bond acceptors (Lipinski definition) is 0. The lowest BCUT2D eigenvalue weighted by atomic mass is 9.74. The lowest BCUT2D eigenvalue weighted by molar-refractivity contribution is 0.201. The molecule has 304 valence electrons. The zero-order valence-electron chi connectivity index (χ0n) is 37.1. The topological polar surface area (TPSA) is 0 Å². The minimum absolute atomic E-state index is 1.00. The van der Waals surface area contributed by atoms with Crippen LogP contribution in [-0.4, -0.2) is 0 Å². The van der Waals surface area contributed by atoms with Gasteiger partial charge in [-0.25, -0.2) is 0 Å². The zero-order chi connectivity index (χ0) is 37.1. The minimum Gasteiger partial charge on any atom is -0.0625 e. The van der Waals surface area contributed by atoms with E-state index in [9.17, 15) is 0 Å². The summed E-state index contributed by atoms with van der Waals surface area (Å²) in [4.78, 5) is 0. The Hall–Kier alpha value is 0. The van der Waals surface area contributed by atoms with Crippen molar-refractivity contribution in [1.29, 1.82) is 0 Å². The van der Waals surface area contributed by atoms with Crippen molar-refractivity contribution < 1.29 is 0 Å². The molecule has 0 bridgehead atoms. The second-order valence-corrected chi connectivity index (χ2v) is 20.7. The predicted octanol–water partition coefficient (Wildman–Crippen LogP) is 18.2. The van der Waals surface area contributed by atoms with E-state index in [-0.39, 0.29) is 0 Å². The normalized spacial score (nSPS) is 35.1. The number of rotatable bonds is 1. The highest BCUT2D eigenvalue weighted by atomic mass is 14.3. The maximum absolute atomic E-state index is 2.46. The van der Waals surface area contributed by atoms with Crippen molar-refractivity contribution in [1.82, 2.24) is 0 Å². The molecule has 0 aromatic heterocycles. The highest BCUT2D eigenvalue weighted by molar-refractivity contribution is 4.76. The molecule has 6 fully saturated rings. The Bertz CT molecular complexity index is 633. The van der Waals surface area contributed by atoms with Gasteiger partial charge < -0.3 is 0 Å². The standard InChI is InChI=1S/C18H34.2C10H20.C9H18.C4H8/c1-15-7-3-11-17(12-4-8-15)18-13-5-9-16(2)10-6-14-18;2*1-9-5-3-7-10(2)8-4-6-9;1-9-7-5-3-2-4-6-8-9;1-4-2-3-4/h15-18H,3-14H2,1-2H3;2*9-10H,3-8H2,1-2H3;9H,2-8H2,1H3;4H,2-3H2,1H3. The average molecular weight is 713 g/mol. The fourth-order valence-corrected chi connectivity index (χ4v) is 10.1. The second-order valence-electron chi connectivity index (χ2n) is 20.7. The zero-order valence-corrected chi connectivity index (χ0v) is 37.1. The quantitative estimate of drug-likeness (QED) is 0.254. The molecule has 0 unspecified atom stereocenters. The van der Waals surface area contributed by atoms with E-state index in [2.05, 4.69) is 55.4 Å². The first-order valence-corrected chi connectivity index (χ1v) is 24.6. The summed E-state index contributed by atoms with van der Waals surface area (Å²) in [5.41, 5.74) is 0. The van der Waals surface area contributed by atoms with Crippen LogP contribution in [0.5, 0.6) is 0 Å². The van der Waals surface area contributed by atoms with Gasteiger partial charge in [0.25, 0.3) is 0 Å². The van der Waals surface area contributed by atoms with Crippen molar-refractivity contribution in [2.45, 2.75) is 267 Å². The van der Waals surface area contributed by atoms with E-state index in [4.69, 9.17) is 0 Å². The molecule has 0 nitrogen and oxygen atoms in total. The van der Waals surface area contributed by atoms with Gasteiger partial charge in [-0.2, -0.15) is 0 Å². The van der Waals surface area contributed by atoms with Crippen molar-refractivity contribution in [3.8, 4) is 0 Å². The fraction of sp³-hybridized carbons (Fsp3) is 1.00. The minimum atomic E-state index is 1.00. The van der Waals surface area contributed by atoms with Crippen molar-refractivity contribution in [3.63, 3.8) is 0 Å². The van der Waals surface area contributed by atoms with Gasteiger partial charge in [-0.05, 0) is 59.2 Å². The summed E-state index contributed by atoms with van der Waals surface area (Å²) in [5.74, 6) is 10.3. The summed E-state index contributed by atoms with van der Waals surface area (Å²) in [5, 5.41) is 0. The molecule has 6 rings (SSSR count). The third-order valence-electron chi connectivity index (χ3n) is 14.6. The van der Waals surface area contributed by atoms with Crippen molar-refractivity contribution in [3.05, 3.63) is 0 Å². The molecule has 0 heterocycles. The number of hydrogen-bond donors (Lipinski definition) is 0. The third kappa shape index (κ3) is 27.3. The first-order valence-electron chi connectivity index (χ1n) is 24.6. The van der Waals surface area contributed by atoms with Crippen LogP contribution in [0.25, 0.3) is 0 Å². The largest absolute Gasteiger partial charge is 0.0625 e. The molecule has 0 spiro atoms. The van der Waals surface area contributed by atoms with E-state index < -0.39 is 0 Å². The lowest BCUT2D eigenvalue weighted by Crippen LogP contribution is -2.19. The molecular weight excluding hydrogens is 613 g/mol. The van der Waals surface area contributed by atoms with Crippen LogP contribution in [0.15, 0.2) is 0 Å². The van der Waals surface area contributed by atoms with E-state index >= 15 is 0 Å². The monoisotopic (exact) mass is 713 g/mol. The Morgan fingerprint density at radius 2 is 0.314 bits per heavy atom.